The van der Waals surface area contributed by atoms with Crippen LogP contribution in [-0.2, 0) is 13.1 Å². The standard InChI is InChI=1S/C23H25FN4S/c1-4-13-27-16(3)15(2)20-11-12-25-21(22(20)27)14-28(23(29)26-18-7-8-18)19-9-5-17(24)6-10-19/h4-6,9-12,18H,1,7-8,13-14H2,2-3H3,(H,26,29). The highest BCUT2D eigenvalue weighted by Gasteiger charge is 2.25. The maximum atomic E-state index is 13.5. The summed E-state index contributed by atoms with van der Waals surface area (Å²) in [5.74, 6) is -0.263. The number of anilines is 1. The van der Waals surface area contributed by atoms with Crippen molar-refractivity contribution in [3.63, 3.8) is 0 Å². The molecule has 0 spiro atoms. The Bertz CT molecular complexity index is 1070. The van der Waals surface area contributed by atoms with Gasteiger partial charge < -0.3 is 14.8 Å². The summed E-state index contributed by atoms with van der Waals surface area (Å²) in [4.78, 5) is 6.71. The Labute approximate surface area is 176 Å². The molecule has 0 unspecified atom stereocenters. The topological polar surface area (TPSA) is 33.1 Å². The van der Waals surface area contributed by atoms with Gasteiger partial charge in [-0.15, -0.1) is 6.58 Å². The number of aryl methyl sites for hydroxylation is 1. The molecule has 1 aliphatic rings. The van der Waals surface area contributed by atoms with Crippen LogP contribution in [-0.4, -0.2) is 20.7 Å². The molecule has 0 bridgehead atoms. The average Bonchev–Trinajstić information content (AvgIpc) is 3.50. The van der Waals surface area contributed by atoms with Crippen LogP contribution < -0.4 is 10.2 Å². The molecule has 2 heterocycles. The molecule has 4 rings (SSSR count). The minimum Gasteiger partial charge on any atom is -0.360 e. The molecule has 29 heavy (non-hydrogen) atoms. The van der Waals surface area contributed by atoms with Crippen molar-refractivity contribution in [1.29, 1.82) is 0 Å². The molecule has 1 N–H and O–H groups in total. The smallest absolute Gasteiger partial charge is 0.174 e. The first kappa shape index (κ1) is 19.6. The highest BCUT2D eigenvalue weighted by molar-refractivity contribution is 7.80. The summed E-state index contributed by atoms with van der Waals surface area (Å²) in [5, 5.41) is 5.24. The molecule has 1 saturated carbocycles. The van der Waals surface area contributed by atoms with E-state index >= 15 is 0 Å². The number of thiocarbonyl (C=S) groups is 1. The summed E-state index contributed by atoms with van der Waals surface area (Å²) in [7, 11) is 0. The Balaban J connectivity index is 1.78. The molecule has 0 aliphatic heterocycles. The van der Waals surface area contributed by atoms with Crippen molar-refractivity contribution in [1.82, 2.24) is 14.9 Å². The first-order chi connectivity index (χ1) is 14.0. The van der Waals surface area contributed by atoms with Gasteiger partial charge in [-0.2, -0.15) is 0 Å². The van der Waals surface area contributed by atoms with Gasteiger partial charge in [0.25, 0.3) is 0 Å². The van der Waals surface area contributed by atoms with Crippen molar-refractivity contribution in [3.05, 3.63) is 72.0 Å². The molecular formula is C23H25FN4S. The second-order valence-electron chi connectivity index (χ2n) is 7.55. The van der Waals surface area contributed by atoms with Crippen LogP contribution in [0.1, 0.15) is 29.8 Å². The number of halogens is 1. The summed E-state index contributed by atoms with van der Waals surface area (Å²) in [6.45, 7) is 9.39. The summed E-state index contributed by atoms with van der Waals surface area (Å²) >= 11 is 5.71. The largest absolute Gasteiger partial charge is 0.360 e. The Morgan fingerprint density at radius 3 is 2.69 bits per heavy atom. The lowest BCUT2D eigenvalue weighted by Crippen LogP contribution is -2.40. The van der Waals surface area contributed by atoms with Gasteiger partial charge in [-0.1, -0.05) is 6.08 Å². The van der Waals surface area contributed by atoms with Crippen LogP contribution in [0.25, 0.3) is 10.9 Å². The van der Waals surface area contributed by atoms with Gasteiger partial charge in [0.05, 0.1) is 17.8 Å². The van der Waals surface area contributed by atoms with Crippen LogP contribution in [0.4, 0.5) is 10.1 Å². The minimum absolute atomic E-state index is 0.263. The average molecular weight is 409 g/mol. The number of benzene rings is 1. The molecular weight excluding hydrogens is 383 g/mol. The number of nitrogens with one attached hydrogen (secondary N) is 1. The van der Waals surface area contributed by atoms with Crippen molar-refractivity contribution >= 4 is 33.9 Å². The second-order valence-corrected chi connectivity index (χ2v) is 7.94. The highest BCUT2D eigenvalue weighted by Crippen LogP contribution is 2.29. The third-order valence-electron chi connectivity index (χ3n) is 5.53. The minimum atomic E-state index is -0.263. The van der Waals surface area contributed by atoms with E-state index in [1.807, 2.05) is 17.2 Å². The number of fused-ring (bicyclic) bond motifs is 1. The van der Waals surface area contributed by atoms with Crippen molar-refractivity contribution in [3.8, 4) is 0 Å². The fourth-order valence-corrected chi connectivity index (χ4v) is 4.01. The predicted octanol–water partition coefficient (Wildman–Crippen LogP) is 5.02. The Morgan fingerprint density at radius 2 is 2.03 bits per heavy atom. The van der Waals surface area contributed by atoms with Crippen LogP contribution in [0.15, 0.2) is 49.2 Å². The van der Waals surface area contributed by atoms with Gasteiger partial charge in [0.1, 0.15) is 5.82 Å². The maximum Gasteiger partial charge on any atom is 0.174 e. The molecule has 6 heteroatoms. The van der Waals surface area contributed by atoms with Crippen molar-refractivity contribution in [2.45, 2.75) is 45.8 Å². The highest BCUT2D eigenvalue weighted by atomic mass is 32.1. The number of allylic oxidation sites excluding steroid dienone is 1. The van der Waals surface area contributed by atoms with Gasteiger partial charge in [-0.3, -0.25) is 4.98 Å². The molecule has 0 amide bonds. The number of pyridine rings is 1. The molecule has 4 nitrogen and oxygen atoms in total. The molecule has 3 aromatic rings. The van der Waals surface area contributed by atoms with E-state index in [-0.39, 0.29) is 5.82 Å². The number of nitrogens with zero attached hydrogens (tertiary/aromatic N) is 3. The van der Waals surface area contributed by atoms with Crippen LogP contribution in [0, 0.1) is 19.7 Å². The lowest BCUT2D eigenvalue weighted by atomic mass is 10.1. The normalized spacial score (nSPS) is 13.5. The molecule has 0 radical (unpaired) electrons. The second kappa shape index (κ2) is 7.95. The number of hydrogen-bond donors (Lipinski definition) is 1. The van der Waals surface area contributed by atoms with E-state index in [0.717, 1.165) is 36.3 Å². The number of rotatable bonds is 6. The zero-order chi connectivity index (χ0) is 20.5. The van der Waals surface area contributed by atoms with E-state index in [0.29, 0.717) is 17.7 Å². The zero-order valence-electron chi connectivity index (χ0n) is 16.8. The van der Waals surface area contributed by atoms with E-state index in [4.69, 9.17) is 17.2 Å². The zero-order valence-corrected chi connectivity index (χ0v) is 17.6. The third-order valence-corrected chi connectivity index (χ3v) is 5.87. The van der Waals surface area contributed by atoms with Gasteiger partial charge >= 0.3 is 0 Å². The fourth-order valence-electron chi connectivity index (χ4n) is 3.67. The van der Waals surface area contributed by atoms with Gasteiger partial charge in [-0.25, -0.2) is 4.39 Å². The van der Waals surface area contributed by atoms with Gasteiger partial charge in [0, 0.05) is 35.6 Å². The van der Waals surface area contributed by atoms with Crippen LogP contribution in [0.5, 0.6) is 0 Å². The first-order valence-corrected chi connectivity index (χ1v) is 10.3. The van der Waals surface area contributed by atoms with E-state index in [9.17, 15) is 4.39 Å². The molecule has 2 aromatic heterocycles. The summed E-state index contributed by atoms with van der Waals surface area (Å²) in [6.07, 6.45) is 6.01. The van der Waals surface area contributed by atoms with Crippen LogP contribution in [0.2, 0.25) is 0 Å². The Kier molecular flexibility index (Phi) is 5.37. The predicted molar refractivity (Wildman–Crippen MR) is 121 cm³/mol. The van der Waals surface area contributed by atoms with Gasteiger partial charge in [0.15, 0.2) is 5.11 Å². The van der Waals surface area contributed by atoms with Crippen LogP contribution in [0.3, 0.4) is 0 Å². The van der Waals surface area contributed by atoms with Crippen molar-refractivity contribution < 1.29 is 4.39 Å². The SMILES string of the molecule is C=CCn1c(C)c(C)c2ccnc(CN(C(=S)NC3CC3)c3ccc(F)cc3)c21. The maximum absolute atomic E-state index is 13.5. The van der Waals surface area contributed by atoms with E-state index in [1.165, 1.54) is 28.8 Å². The monoisotopic (exact) mass is 408 g/mol. The Morgan fingerprint density at radius 1 is 1.31 bits per heavy atom. The molecule has 150 valence electrons. The number of hydrogen-bond acceptors (Lipinski definition) is 2. The van der Waals surface area contributed by atoms with Crippen molar-refractivity contribution in [2.24, 2.45) is 0 Å². The summed E-state index contributed by atoms with van der Waals surface area (Å²) in [5.41, 5.74) is 5.34. The van der Waals surface area contributed by atoms with E-state index < -0.39 is 0 Å². The molecule has 1 aromatic carbocycles. The lowest BCUT2D eigenvalue weighted by molar-refractivity contribution is 0.627. The third kappa shape index (κ3) is 3.90. The quantitative estimate of drug-likeness (QED) is 0.459. The lowest BCUT2D eigenvalue weighted by Gasteiger charge is -2.26. The van der Waals surface area contributed by atoms with E-state index in [2.05, 4.69) is 36.4 Å². The van der Waals surface area contributed by atoms with Gasteiger partial charge in [0.2, 0.25) is 0 Å². The van der Waals surface area contributed by atoms with Crippen LogP contribution >= 0.6 is 12.2 Å². The molecule has 1 aliphatic carbocycles. The molecule has 0 atom stereocenters. The fraction of sp³-hybridized carbons (Fsp3) is 0.304. The molecule has 0 saturated heterocycles. The first-order valence-electron chi connectivity index (χ1n) is 9.87. The van der Waals surface area contributed by atoms with Gasteiger partial charge in [-0.05, 0) is 74.8 Å². The summed E-state index contributed by atoms with van der Waals surface area (Å²) in [6, 6.07) is 8.94. The summed E-state index contributed by atoms with van der Waals surface area (Å²) < 4.78 is 15.7. The Hall–Kier alpha value is -2.73. The molecule has 1 fully saturated rings. The van der Waals surface area contributed by atoms with E-state index in [1.54, 1.807) is 12.1 Å². The number of aromatic nitrogens is 2. The van der Waals surface area contributed by atoms with Crippen molar-refractivity contribution in [2.75, 3.05) is 4.90 Å².